The zero-order valence-corrected chi connectivity index (χ0v) is 20.0. The Labute approximate surface area is 198 Å². The van der Waals surface area contributed by atoms with Gasteiger partial charge in [0.15, 0.2) is 14.8 Å². The van der Waals surface area contributed by atoms with Crippen molar-refractivity contribution in [2.75, 3.05) is 11.9 Å². The van der Waals surface area contributed by atoms with Gasteiger partial charge in [0.1, 0.15) is 16.5 Å². The molecule has 6 rings (SSSR count). The van der Waals surface area contributed by atoms with Gasteiger partial charge >= 0.3 is 0 Å². The molecule has 2 aliphatic rings. The van der Waals surface area contributed by atoms with Gasteiger partial charge in [-0.05, 0) is 43.4 Å². The van der Waals surface area contributed by atoms with Crippen LogP contribution in [0.15, 0.2) is 35.4 Å². The van der Waals surface area contributed by atoms with Gasteiger partial charge in [-0.3, -0.25) is 4.79 Å². The third-order valence-corrected chi connectivity index (χ3v) is 8.89. The first-order valence-electron chi connectivity index (χ1n) is 11.1. The molecular formula is C23H24N6O2S2. The summed E-state index contributed by atoms with van der Waals surface area (Å²) in [5.41, 5.74) is 1.72. The van der Waals surface area contributed by atoms with Gasteiger partial charge in [0.2, 0.25) is 0 Å². The Balaban J connectivity index is 1.25. The number of anilines is 1. The molecule has 2 fully saturated rings. The van der Waals surface area contributed by atoms with Crippen LogP contribution in [-0.4, -0.2) is 49.8 Å². The molecule has 0 radical (unpaired) electrons. The minimum atomic E-state index is -0.111. The Morgan fingerprint density at radius 3 is 2.58 bits per heavy atom. The molecule has 3 atom stereocenters. The second-order valence-electron chi connectivity index (χ2n) is 8.96. The maximum absolute atomic E-state index is 11.9. The predicted molar refractivity (Wildman–Crippen MR) is 132 cm³/mol. The Morgan fingerprint density at radius 1 is 1.12 bits per heavy atom. The standard InChI is InChI=1S/C23H24N6O2S2/c1-28-6-5-12(8-18(28)31)13-7-17(30)19(24-11-13)20-26-21-22(32-20)27-23(33-21)29(2)16-9-14-3-4-15(10-16)25-14/h5-8,11,14-16,25,30H,3-4,9-10H2,1-2H3/t14-,15+,16-. The zero-order chi connectivity index (χ0) is 22.7. The fourth-order valence-corrected chi connectivity index (χ4v) is 6.96. The Kier molecular flexibility index (Phi) is 4.97. The molecule has 4 aromatic heterocycles. The van der Waals surface area contributed by atoms with Crippen LogP contribution in [0.3, 0.4) is 0 Å². The lowest BCUT2D eigenvalue weighted by Crippen LogP contribution is -2.47. The van der Waals surface area contributed by atoms with Crippen LogP contribution in [0.25, 0.3) is 31.5 Å². The number of aryl methyl sites for hydroxylation is 1. The summed E-state index contributed by atoms with van der Waals surface area (Å²) in [6, 6.07) is 6.77. The van der Waals surface area contributed by atoms with Gasteiger partial charge in [-0.1, -0.05) is 22.7 Å². The summed E-state index contributed by atoms with van der Waals surface area (Å²) in [5.74, 6) is 0.0390. The summed E-state index contributed by atoms with van der Waals surface area (Å²) >= 11 is 3.04. The molecular weight excluding hydrogens is 456 g/mol. The molecule has 0 amide bonds. The second-order valence-corrected chi connectivity index (χ2v) is 10.9. The molecule has 2 bridgehead atoms. The molecule has 8 nitrogen and oxygen atoms in total. The van der Waals surface area contributed by atoms with E-state index in [2.05, 4.69) is 22.2 Å². The molecule has 2 N–H and O–H groups in total. The van der Waals surface area contributed by atoms with Crippen LogP contribution < -0.4 is 15.8 Å². The lowest BCUT2D eigenvalue weighted by molar-refractivity contribution is 0.354. The van der Waals surface area contributed by atoms with Crippen LogP contribution in [0.5, 0.6) is 5.75 Å². The maximum atomic E-state index is 11.9. The largest absolute Gasteiger partial charge is 0.506 e. The van der Waals surface area contributed by atoms with Crippen molar-refractivity contribution in [1.29, 1.82) is 0 Å². The number of hydrogen-bond donors (Lipinski definition) is 2. The van der Waals surface area contributed by atoms with E-state index in [1.165, 1.54) is 34.8 Å². The van der Waals surface area contributed by atoms with Crippen molar-refractivity contribution in [3.05, 3.63) is 40.9 Å². The molecule has 170 valence electrons. The van der Waals surface area contributed by atoms with Crippen molar-refractivity contribution in [3.63, 3.8) is 0 Å². The van der Waals surface area contributed by atoms with Crippen LogP contribution >= 0.6 is 22.7 Å². The molecule has 33 heavy (non-hydrogen) atoms. The molecule has 0 saturated carbocycles. The summed E-state index contributed by atoms with van der Waals surface area (Å²) in [6.07, 6.45) is 8.25. The topological polar surface area (TPSA) is 96.2 Å². The van der Waals surface area contributed by atoms with Gasteiger partial charge in [0.25, 0.3) is 5.56 Å². The van der Waals surface area contributed by atoms with E-state index in [-0.39, 0.29) is 11.3 Å². The number of thiazole rings is 2. The Bertz CT molecular complexity index is 1370. The highest BCUT2D eigenvalue weighted by Gasteiger charge is 2.36. The number of nitrogens with zero attached hydrogens (tertiary/aromatic N) is 5. The monoisotopic (exact) mass is 480 g/mol. The van der Waals surface area contributed by atoms with E-state index in [4.69, 9.17) is 9.97 Å². The highest BCUT2D eigenvalue weighted by atomic mass is 32.1. The number of pyridine rings is 2. The smallest absolute Gasteiger partial charge is 0.250 e. The van der Waals surface area contributed by atoms with Gasteiger partial charge in [-0.25, -0.2) is 15.0 Å². The average Bonchev–Trinajstić information content (AvgIpc) is 3.47. The zero-order valence-electron chi connectivity index (χ0n) is 18.4. The van der Waals surface area contributed by atoms with E-state index in [9.17, 15) is 9.90 Å². The lowest BCUT2D eigenvalue weighted by Gasteiger charge is -2.35. The van der Waals surface area contributed by atoms with Crippen LogP contribution in [0.4, 0.5) is 5.13 Å². The summed E-state index contributed by atoms with van der Waals surface area (Å²) in [6.45, 7) is 0. The minimum Gasteiger partial charge on any atom is -0.506 e. The van der Waals surface area contributed by atoms with Crippen molar-refractivity contribution < 1.29 is 5.11 Å². The van der Waals surface area contributed by atoms with E-state index in [0.29, 0.717) is 40.0 Å². The Hall–Kier alpha value is -2.82. The van der Waals surface area contributed by atoms with Crippen molar-refractivity contribution in [2.24, 2.45) is 7.05 Å². The third kappa shape index (κ3) is 3.71. The molecule has 4 aromatic rings. The van der Waals surface area contributed by atoms with Crippen molar-refractivity contribution in [3.8, 4) is 27.6 Å². The first-order chi connectivity index (χ1) is 15.9. The highest BCUT2D eigenvalue weighted by molar-refractivity contribution is 7.29. The number of fused-ring (bicyclic) bond motifs is 3. The molecule has 10 heteroatoms. The molecule has 0 unspecified atom stereocenters. The van der Waals surface area contributed by atoms with Crippen molar-refractivity contribution >= 4 is 37.5 Å². The molecule has 0 aromatic carbocycles. The number of nitrogens with one attached hydrogen (secondary N) is 1. The predicted octanol–water partition coefficient (Wildman–Crippen LogP) is 3.61. The van der Waals surface area contributed by atoms with Gasteiger partial charge in [0, 0.05) is 56.2 Å². The molecule has 0 spiro atoms. The number of rotatable bonds is 4. The van der Waals surface area contributed by atoms with E-state index in [0.717, 1.165) is 27.6 Å². The first-order valence-corrected chi connectivity index (χ1v) is 12.7. The highest BCUT2D eigenvalue weighted by Crippen LogP contribution is 2.40. The van der Waals surface area contributed by atoms with Gasteiger partial charge in [0.05, 0.1) is 0 Å². The summed E-state index contributed by atoms with van der Waals surface area (Å²) in [5, 5.41) is 16.0. The van der Waals surface area contributed by atoms with E-state index in [1.807, 2.05) is 6.07 Å². The lowest BCUT2D eigenvalue weighted by atomic mass is 9.99. The summed E-state index contributed by atoms with van der Waals surface area (Å²) < 4.78 is 1.50. The van der Waals surface area contributed by atoms with Crippen LogP contribution in [0, 0.1) is 0 Å². The van der Waals surface area contributed by atoms with Crippen LogP contribution in [-0.2, 0) is 7.05 Å². The average molecular weight is 481 g/mol. The third-order valence-electron chi connectivity index (χ3n) is 6.77. The number of aromatic hydroxyl groups is 1. The summed E-state index contributed by atoms with van der Waals surface area (Å²) in [7, 11) is 3.84. The first kappa shape index (κ1) is 20.8. The van der Waals surface area contributed by atoms with E-state index >= 15 is 0 Å². The number of hydrogen-bond acceptors (Lipinski definition) is 9. The van der Waals surface area contributed by atoms with E-state index < -0.39 is 0 Å². The number of piperidine rings is 1. The van der Waals surface area contributed by atoms with Crippen LogP contribution in [0.2, 0.25) is 0 Å². The molecule has 2 aliphatic heterocycles. The van der Waals surface area contributed by atoms with Gasteiger partial charge in [-0.15, -0.1) is 0 Å². The fraction of sp³-hybridized carbons (Fsp3) is 0.391. The van der Waals surface area contributed by atoms with Gasteiger partial charge in [-0.2, -0.15) is 0 Å². The molecule has 6 heterocycles. The fourth-order valence-electron chi connectivity index (χ4n) is 4.89. The van der Waals surface area contributed by atoms with E-state index in [1.54, 1.807) is 36.8 Å². The second kappa shape index (κ2) is 7.89. The Morgan fingerprint density at radius 2 is 1.88 bits per heavy atom. The normalized spacial score (nSPS) is 22.2. The number of aromatic nitrogens is 4. The quantitative estimate of drug-likeness (QED) is 0.461. The molecule has 2 saturated heterocycles. The minimum absolute atomic E-state index is 0.0390. The SMILES string of the molecule is CN(c1nc2sc(-c3ncc(-c4ccn(C)c(=O)c4)cc3O)nc2s1)[C@@H]1C[C@H]2CC[C@@H](C1)N2. The van der Waals surface area contributed by atoms with Gasteiger partial charge < -0.3 is 19.9 Å². The van der Waals surface area contributed by atoms with Crippen LogP contribution in [0.1, 0.15) is 25.7 Å². The summed E-state index contributed by atoms with van der Waals surface area (Å²) in [4.78, 5) is 30.0. The van der Waals surface area contributed by atoms with Crippen molar-refractivity contribution in [2.45, 2.75) is 43.8 Å². The molecule has 0 aliphatic carbocycles. The maximum Gasteiger partial charge on any atom is 0.250 e. The van der Waals surface area contributed by atoms with Crippen molar-refractivity contribution in [1.82, 2.24) is 24.8 Å².